The van der Waals surface area contributed by atoms with Gasteiger partial charge in [-0.15, -0.1) is 0 Å². The zero-order valence-electron chi connectivity index (χ0n) is 21.6. The smallest absolute Gasteiger partial charge is 0.329 e. The Balaban J connectivity index is 1.41. The Morgan fingerprint density at radius 1 is 0.897 bits per heavy atom. The lowest BCUT2D eigenvalue weighted by molar-refractivity contribution is -0.145. The molecule has 9 heteroatoms. The van der Waals surface area contributed by atoms with Gasteiger partial charge in [-0.3, -0.25) is 4.90 Å². The minimum atomic E-state index is -1.18. The van der Waals surface area contributed by atoms with Crippen LogP contribution in [0.1, 0.15) is 24.0 Å². The highest BCUT2D eigenvalue weighted by atomic mass is 16.4. The van der Waals surface area contributed by atoms with Crippen LogP contribution in [0.25, 0.3) is 0 Å². The highest BCUT2D eigenvalue weighted by Crippen LogP contribution is 2.37. The topological polar surface area (TPSA) is 108 Å². The predicted octanol–water partition coefficient (Wildman–Crippen LogP) is 4.67. The number of likely N-dealkylation sites (tertiary alicyclic amines) is 1. The van der Waals surface area contributed by atoms with Crippen LogP contribution in [0.2, 0.25) is 0 Å². The van der Waals surface area contributed by atoms with Gasteiger partial charge in [0.2, 0.25) is 0 Å². The molecule has 2 aliphatic heterocycles. The predicted molar refractivity (Wildman–Crippen MR) is 145 cm³/mol. The molecule has 198 valence electrons. The molecular weight excluding hydrogens is 494 g/mol. The monoisotopic (exact) mass is 523 g/mol. The molecule has 2 heterocycles. The lowest BCUT2D eigenvalue weighted by atomic mass is 10.0. The van der Waals surface area contributed by atoms with Crippen molar-refractivity contribution in [2.75, 3.05) is 18.5 Å². The van der Waals surface area contributed by atoms with Crippen LogP contribution >= 0.6 is 0 Å². The van der Waals surface area contributed by atoms with Gasteiger partial charge in [0.05, 0.1) is 35.1 Å². The van der Waals surface area contributed by atoms with E-state index in [1.54, 1.807) is 41.1 Å². The molecule has 3 aromatic carbocycles. The molecule has 5 rings (SSSR count). The van der Waals surface area contributed by atoms with Crippen LogP contribution in [0.3, 0.4) is 0 Å². The molecule has 0 aromatic heterocycles. The van der Waals surface area contributed by atoms with Crippen molar-refractivity contribution in [3.63, 3.8) is 0 Å². The third-order valence-corrected chi connectivity index (χ3v) is 7.42. The molecule has 1 N–H and O–H groups in total. The fraction of sp³-hybridized carbons (Fsp3) is 0.267. The number of amides is 4. The van der Waals surface area contributed by atoms with Gasteiger partial charge in [-0.25, -0.2) is 14.4 Å². The maximum Gasteiger partial charge on any atom is 0.329 e. The Labute approximate surface area is 227 Å². The molecule has 3 atom stereocenters. The first-order valence-corrected chi connectivity index (χ1v) is 12.8. The second-order valence-electron chi connectivity index (χ2n) is 9.88. The van der Waals surface area contributed by atoms with Gasteiger partial charge < -0.3 is 19.8 Å². The summed E-state index contributed by atoms with van der Waals surface area (Å²) in [6.07, 6.45) is 1.11. The Morgan fingerprint density at radius 3 is 2.03 bits per heavy atom. The van der Waals surface area contributed by atoms with E-state index in [1.807, 2.05) is 60.7 Å². The summed E-state index contributed by atoms with van der Waals surface area (Å²) in [4.78, 5) is 46.5. The second-order valence-corrected chi connectivity index (χ2v) is 9.88. The van der Waals surface area contributed by atoms with Crippen molar-refractivity contribution in [3.8, 4) is 6.07 Å². The molecule has 2 fully saturated rings. The first kappa shape index (κ1) is 25.8. The van der Waals surface area contributed by atoms with E-state index < -0.39 is 24.1 Å². The number of hydrogen-bond donors (Lipinski definition) is 1. The van der Waals surface area contributed by atoms with Gasteiger partial charge in [0.1, 0.15) is 0 Å². The standard InChI is InChI=1S/C30H29N5O4/c1-32(19-22-14-12-21(18-31)13-15-22)29(38)35-25-16-17-26(35)27(28(36)37)33(20-25)30(39)34(23-8-4-2-5-9-23)24-10-6-3-7-11-24/h2-15,25-27H,16-17,19-20H2,1H3,(H,36,37)/t25-,26+,27-/m0/s1. The molecule has 2 bridgehead atoms. The lowest BCUT2D eigenvalue weighted by Crippen LogP contribution is -2.67. The molecule has 2 saturated heterocycles. The van der Waals surface area contributed by atoms with Crippen molar-refractivity contribution in [1.29, 1.82) is 5.26 Å². The fourth-order valence-electron chi connectivity index (χ4n) is 5.62. The van der Waals surface area contributed by atoms with Gasteiger partial charge in [0.15, 0.2) is 6.04 Å². The Kier molecular flexibility index (Phi) is 7.19. The number of fused-ring (bicyclic) bond motifs is 2. The molecular formula is C30H29N5O4. The van der Waals surface area contributed by atoms with E-state index >= 15 is 0 Å². The molecule has 9 nitrogen and oxygen atoms in total. The van der Waals surface area contributed by atoms with Crippen LogP contribution in [0.5, 0.6) is 0 Å². The number of benzene rings is 3. The average Bonchev–Trinajstić information content (AvgIpc) is 3.26. The average molecular weight is 524 g/mol. The zero-order valence-corrected chi connectivity index (χ0v) is 21.6. The van der Waals surface area contributed by atoms with E-state index in [0.29, 0.717) is 36.3 Å². The number of anilines is 2. The highest BCUT2D eigenvalue weighted by molar-refractivity contribution is 6.01. The third-order valence-electron chi connectivity index (χ3n) is 7.42. The molecule has 0 aliphatic carbocycles. The quantitative estimate of drug-likeness (QED) is 0.523. The Morgan fingerprint density at radius 2 is 1.49 bits per heavy atom. The minimum Gasteiger partial charge on any atom is -0.480 e. The van der Waals surface area contributed by atoms with Crippen molar-refractivity contribution >= 4 is 29.4 Å². The number of carbonyl (C=O) groups is 3. The summed E-state index contributed by atoms with van der Waals surface area (Å²) in [5, 5.41) is 19.4. The van der Waals surface area contributed by atoms with E-state index in [4.69, 9.17) is 5.26 Å². The number of aliphatic carboxylic acids is 1. The number of carboxylic acids is 1. The van der Waals surface area contributed by atoms with Crippen LogP contribution in [0, 0.1) is 11.3 Å². The number of carbonyl (C=O) groups excluding carboxylic acids is 2. The number of piperazine rings is 1. The number of nitriles is 1. The van der Waals surface area contributed by atoms with Crippen LogP contribution in [-0.4, -0.2) is 69.6 Å². The number of nitrogens with zero attached hydrogens (tertiary/aromatic N) is 5. The van der Waals surface area contributed by atoms with Crippen LogP contribution < -0.4 is 4.90 Å². The normalized spacial score (nSPS) is 19.7. The van der Waals surface area contributed by atoms with Gasteiger partial charge >= 0.3 is 18.0 Å². The summed E-state index contributed by atoms with van der Waals surface area (Å²) >= 11 is 0. The van der Waals surface area contributed by atoms with Crippen molar-refractivity contribution in [1.82, 2.24) is 14.7 Å². The van der Waals surface area contributed by atoms with Crippen molar-refractivity contribution < 1.29 is 19.5 Å². The highest BCUT2D eigenvalue weighted by Gasteiger charge is 2.54. The summed E-state index contributed by atoms with van der Waals surface area (Å²) in [5.41, 5.74) is 2.66. The van der Waals surface area contributed by atoms with Crippen LogP contribution in [0.4, 0.5) is 21.0 Å². The van der Waals surface area contributed by atoms with E-state index in [9.17, 15) is 19.5 Å². The maximum absolute atomic E-state index is 14.1. The molecule has 2 aliphatic rings. The maximum atomic E-state index is 14.1. The number of para-hydroxylation sites is 2. The molecule has 4 amide bonds. The summed E-state index contributed by atoms with van der Waals surface area (Å²) in [7, 11) is 1.68. The van der Waals surface area contributed by atoms with Crippen molar-refractivity contribution in [3.05, 3.63) is 96.1 Å². The zero-order chi connectivity index (χ0) is 27.5. The second kappa shape index (κ2) is 10.9. The molecule has 0 spiro atoms. The number of urea groups is 2. The SMILES string of the molecule is CN(Cc1ccc(C#N)cc1)C(=O)N1[C@H]2CC[C@@H]1[C@@H](C(=O)O)N(C(=O)N(c1ccccc1)c1ccccc1)C2. The first-order valence-electron chi connectivity index (χ1n) is 12.8. The molecule has 0 saturated carbocycles. The van der Waals surface area contributed by atoms with Gasteiger partial charge in [-0.05, 0) is 54.8 Å². The van der Waals surface area contributed by atoms with Gasteiger partial charge in [0.25, 0.3) is 0 Å². The van der Waals surface area contributed by atoms with E-state index in [-0.39, 0.29) is 18.6 Å². The fourth-order valence-corrected chi connectivity index (χ4v) is 5.62. The Bertz CT molecular complexity index is 1350. The third kappa shape index (κ3) is 5.01. The lowest BCUT2D eigenvalue weighted by Gasteiger charge is -2.47. The summed E-state index contributed by atoms with van der Waals surface area (Å²) < 4.78 is 0. The Hall–Kier alpha value is -4.84. The van der Waals surface area contributed by atoms with Gasteiger partial charge in [-0.1, -0.05) is 48.5 Å². The molecule has 39 heavy (non-hydrogen) atoms. The van der Waals surface area contributed by atoms with Gasteiger partial charge in [0, 0.05) is 20.1 Å². The summed E-state index contributed by atoms with van der Waals surface area (Å²) in [6, 6.07) is 24.5. The molecule has 3 aromatic rings. The number of hydrogen-bond acceptors (Lipinski definition) is 4. The summed E-state index contributed by atoms with van der Waals surface area (Å²) in [5.74, 6) is -1.14. The largest absolute Gasteiger partial charge is 0.480 e. The summed E-state index contributed by atoms with van der Waals surface area (Å²) in [6.45, 7) is 0.440. The van der Waals surface area contributed by atoms with E-state index in [2.05, 4.69) is 6.07 Å². The van der Waals surface area contributed by atoms with Gasteiger partial charge in [-0.2, -0.15) is 5.26 Å². The van der Waals surface area contributed by atoms with E-state index in [0.717, 1.165) is 5.56 Å². The number of carboxylic acid groups (broad SMARTS) is 1. The van der Waals surface area contributed by atoms with Crippen LogP contribution in [-0.2, 0) is 11.3 Å². The van der Waals surface area contributed by atoms with Crippen LogP contribution in [0.15, 0.2) is 84.9 Å². The molecule has 0 radical (unpaired) electrons. The van der Waals surface area contributed by atoms with E-state index in [1.165, 1.54) is 9.80 Å². The molecule has 0 unspecified atom stereocenters. The number of rotatable bonds is 5. The van der Waals surface area contributed by atoms with Crippen molar-refractivity contribution in [2.45, 2.75) is 37.5 Å². The minimum absolute atomic E-state index is 0.124. The van der Waals surface area contributed by atoms with Crippen molar-refractivity contribution in [2.24, 2.45) is 0 Å². The first-order chi connectivity index (χ1) is 18.9.